The Labute approximate surface area is 105 Å². The summed E-state index contributed by atoms with van der Waals surface area (Å²) in [5.41, 5.74) is 2.06. The standard InChI is InChI=1S/C10H13N5O2S/c1-3-18(16,17)12-10-6-9(5-4-8(10)2)15-7-11-13-14-15/h4-7,12H,3H2,1-2H3. The van der Waals surface area contributed by atoms with Crippen molar-refractivity contribution in [3.8, 4) is 5.69 Å². The predicted molar refractivity (Wildman–Crippen MR) is 67.0 cm³/mol. The van der Waals surface area contributed by atoms with Crippen molar-refractivity contribution < 1.29 is 8.42 Å². The molecule has 0 spiro atoms. The minimum Gasteiger partial charge on any atom is -0.283 e. The van der Waals surface area contributed by atoms with E-state index in [0.717, 1.165) is 5.56 Å². The Hall–Kier alpha value is -1.96. The van der Waals surface area contributed by atoms with E-state index in [1.54, 1.807) is 13.0 Å². The van der Waals surface area contributed by atoms with Crippen molar-refractivity contribution >= 4 is 15.7 Å². The highest BCUT2D eigenvalue weighted by Crippen LogP contribution is 2.20. The molecule has 8 heteroatoms. The molecule has 1 heterocycles. The summed E-state index contributed by atoms with van der Waals surface area (Å²) in [5, 5.41) is 10.8. The summed E-state index contributed by atoms with van der Waals surface area (Å²) < 4.78 is 27.1. The largest absolute Gasteiger partial charge is 0.283 e. The zero-order chi connectivity index (χ0) is 13.2. The van der Waals surface area contributed by atoms with E-state index in [0.29, 0.717) is 11.4 Å². The van der Waals surface area contributed by atoms with Gasteiger partial charge in [0, 0.05) is 0 Å². The van der Waals surface area contributed by atoms with E-state index in [2.05, 4.69) is 20.2 Å². The fourth-order valence-corrected chi connectivity index (χ4v) is 2.08. The van der Waals surface area contributed by atoms with Crippen LogP contribution in [-0.2, 0) is 10.0 Å². The normalized spacial score (nSPS) is 11.4. The van der Waals surface area contributed by atoms with Crippen LogP contribution >= 0.6 is 0 Å². The molecular weight excluding hydrogens is 254 g/mol. The molecule has 1 aromatic heterocycles. The molecule has 0 aliphatic carbocycles. The van der Waals surface area contributed by atoms with Crippen LogP contribution in [0.2, 0.25) is 0 Å². The second kappa shape index (κ2) is 4.73. The number of rotatable bonds is 4. The van der Waals surface area contributed by atoms with Gasteiger partial charge in [0.15, 0.2) is 0 Å². The summed E-state index contributed by atoms with van der Waals surface area (Å²) in [5.74, 6) is 0.0293. The second-order valence-electron chi connectivity index (χ2n) is 3.76. The van der Waals surface area contributed by atoms with E-state index in [9.17, 15) is 8.42 Å². The number of hydrogen-bond acceptors (Lipinski definition) is 5. The second-order valence-corrected chi connectivity index (χ2v) is 5.77. The van der Waals surface area contributed by atoms with Gasteiger partial charge in [0.05, 0.1) is 17.1 Å². The molecule has 18 heavy (non-hydrogen) atoms. The molecule has 0 saturated heterocycles. The minimum absolute atomic E-state index is 0.0293. The molecule has 0 unspecified atom stereocenters. The Kier molecular flexibility index (Phi) is 3.28. The molecule has 2 rings (SSSR count). The Morgan fingerprint density at radius 2 is 2.17 bits per heavy atom. The maximum atomic E-state index is 11.6. The van der Waals surface area contributed by atoms with Gasteiger partial charge >= 0.3 is 0 Å². The van der Waals surface area contributed by atoms with Crippen LogP contribution in [0.1, 0.15) is 12.5 Å². The summed E-state index contributed by atoms with van der Waals surface area (Å²) in [6.07, 6.45) is 1.45. The molecule has 96 valence electrons. The molecule has 0 fully saturated rings. The number of anilines is 1. The van der Waals surface area contributed by atoms with Gasteiger partial charge < -0.3 is 0 Å². The fourth-order valence-electron chi connectivity index (χ4n) is 1.38. The number of aryl methyl sites for hydroxylation is 1. The maximum absolute atomic E-state index is 11.6. The van der Waals surface area contributed by atoms with E-state index in [-0.39, 0.29) is 5.75 Å². The number of aromatic nitrogens is 4. The Bertz CT molecular complexity index is 636. The molecule has 0 atom stereocenters. The average molecular weight is 267 g/mol. The molecule has 7 nitrogen and oxygen atoms in total. The topological polar surface area (TPSA) is 89.8 Å². The van der Waals surface area contributed by atoms with Gasteiger partial charge in [-0.15, -0.1) is 5.10 Å². The molecule has 0 amide bonds. The van der Waals surface area contributed by atoms with Crippen molar-refractivity contribution in [1.82, 2.24) is 20.2 Å². The highest BCUT2D eigenvalue weighted by molar-refractivity contribution is 7.92. The Morgan fingerprint density at radius 1 is 1.39 bits per heavy atom. The van der Waals surface area contributed by atoms with E-state index >= 15 is 0 Å². The fraction of sp³-hybridized carbons (Fsp3) is 0.300. The van der Waals surface area contributed by atoms with Gasteiger partial charge in [0.2, 0.25) is 10.0 Å². The van der Waals surface area contributed by atoms with Crippen molar-refractivity contribution in [1.29, 1.82) is 0 Å². The summed E-state index contributed by atoms with van der Waals surface area (Å²) in [4.78, 5) is 0. The third kappa shape index (κ3) is 2.65. The van der Waals surface area contributed by atoms with Gasteiger partial charge in [-0.2, -0.15) is 0 Å². The van der Waals surface area contributed by atoms with Crippen molar-refractivity contribution in [3.63, 3.8) is 0 Å². The third-order valence-corrected chi connectivity index (χ3v) is 3.77. The smallest absolute Gasteiger partial charge is 0.232 e. The Morgan fingerprint density at radius 3 is 2.78 bits per heavy atom. The Balaban J connectivity index is 2.39. The van der Waals surface area contributed by atoms with Crippen molar-refractivity contribution in [2.45, 2.75) is 13.8 Å². The van der Waals surface area contributed by atoms with Crippen molar-refractivity contribution in [3.05, 3.63) is 30.1 Å². The molecule has 0 aliphatic rings. The summed E-state index contributed by atoms with van der Waals surface area (Å²) >= 11 is 0. The van der Waals surface area contributed by atoms with Crippen LogP contribution in [0.3, 0.4) is 0 Å². The SMILES string of the molecule is CCS(=O)(=O)Nc1cc(-n2cnnn2)ccc1C. The van der Waals surface area contributed by atoms with Crippen molar-refractivity contribution in [2.75, 3.05) is 10.5 Å². The zero-order valence-electron chi connectivity index (χ0n) is 10.0. The van der Waals surface area contributed by atoms with E-state index in [1.807, 2.05) is 19.1 Å². The third-order valence-electron chi connectivity index (χ3n) is 2.48. The number of nitrogens with zero attached hydrogens (tertiary/aromatic N) is 4. The first-order valence-corrected chi connectivity index (χ1v) is 7.01. The molecule has 1 aromatic carbocycles. The van der Waals surface area contributed by atoms with Crippen molar-refractivity contribution in [2.24, 2.45) is 0 Å². The highest BCUT2D eigenvalue weighted by Gasteiger charge is 2.10. The maximum Gasteiger partial charge on any atom is 0.232 e. The molecule has 0 bridgehead atoms. The van der Waals surface area contributed by atoms with E-state index < -0.39 is 10.0 Å². The first-order valence-electron chi connectivity index (χ1n) is 5.36. The molecular formula is C10H13N5O2S. The number of benzene rings is 1. The summed E-state index contributed by atoms with van der Waals surface area (Å²) in [7, 11) is -3.29. The molecule has 1 N–H and O–H groups in total. The summed E-state index contributed by atoms with van der Waals surface area (Å²) in [6.45, 7) is 3.42. The number of tetrazole rings is 1. The van der Waals surface area contributed by atoms with Crippen LogP contribution in [-0.4, -0.2) is 34.4 Å². The van der Waals surface area contributed by atoms with Crippen LogP contribution in [0.4, 0.5) is 5.69 Å². The lowest BCUT2D eigenvalue weighted by atomic mass is 10.2. The van der Waals surface area contributed by atoms with Gasteiger partial charge in [0.25, 0.3) is 0 Å². The quantitative estimate of drug-likeness (QED) is 0.882. The van der Waals surface area contributed by atoms with Crippen LogP contribution in [0.5, 0.6) is 0 Å². The monoisotopic (exact) mass is 267 g/mol. The lowest BCUT2D eigenvalue weighted by Gasteiger charge is -2.10. The van der Waals surface area contributed by atoms with Crippen LogP contribution in [0, 0.1) is 6.92 Å². The zero-order valence-corrected chi connectivity index (χ0v) is 10.8. The van der Waals surface area contributed by atoms with Crippen LogP contribution < -0.4 is 4.72 Å². The molecule has 0 saturated carbocycles. The number of hydrogen-bond donors (Lipinski definition) is 1. The van der Waals surface area contributed by atoms with Gasteiger partial charge in [-0.05, 0) is 42.0 Å². The first-order chi connectivity index (χ1) is 8.52. The van der Waals surface area contributed by atoms with Crippen LogP contribution in [0.25, 0.3) is 5.69 Å². The van der Waals surface area contributed by atoms with E-state index in [1.165, 1.54) is 11.0 Å². The molecule has 0 aliphatic heterocycles. The summed E-state index contributed by atoms with van der Waals surface area (Å²) in [6, 6.07) is 5.32. The van der Waals surface area contributed by atoms with Crippen LogP contribution in [0.15, 0.2) is 24.5 Å². The minimum atomic E-state index is -3.29. The van der Waals surface area contributed by atoms with Gasteiger partial charge in [-0.1, -0.05) is 6.07 Å². The van der Waals surface area contributed by atoms with Gasteiger partial charge in [-0.3, -0.25) is 4.72 Å². The van der Waals surface area contributed by atoms with Gasteiger partial charge in [-0.25, -0.2) is 13.1 Å². The lowest BCUT2D eigenvalue weighted by molar-refractivity contribution is 0.602. The predicted octanol–water partition coefficient (Wildman–Crippen LogP) is 0.732. The first kappa shape index (κ1) is 12.5. The number of nitrogens with one attached hydrogen (secondary N) is 1. The molecule has 0 radical (unpaired) electrons. The number of sulfonamides is 1. The van der Waals surface area contributed by atoms with E-state index in [4.69, 9.17) is 0 Å². The lowest BCUT2D eigenvalue weighted by Crippen LogP contribution is -2.15. The van der Waals surface area contributed by atoms with Gasteiger partial charge in [0.1, 0.15) is 6.33 Å². The average Bonchev–Trinajstić information content (AvgIpc) is 2.85. The molecule has 2 aromatic rings. The highest BCUT2D eigenvalue weighted by atomic mass is 32.2.